The van der Waals surface area contributed by atoms with E-state index in [0.29, 0.717) is 0 Å². The van der Waals surface area contributed by atoms with E-state index in [2.05, 4.69) is 56.7 Å². The second-order valence-electron chi connectivity index (χ2n) is 6.11. The molecular weight excluding hydrogens is 232 g/mol. The standard InChI is InChI=1S/C17H31N2/c1-4-5-9-13-18-14-10-15-19(2,3)16-17-11-7-6-8-12-17/h6-8,11-12,18H,4-5,9-10,13-16H2,1-3H3/q+1. The van der Waals surface area contributed by atoms with Crippen LogP contribution in [0.4, 0.5) is 0 Å². The highest BCUT2D eigenvalue weighted by Crippen LogP contribution is 2.09. The van der Waals surface area contributed by atoms with Crippen LogP contribution in [0.15, 0.2) is 30.3 Å². The quantitative estimate of drug-likeness (QED) is 0.504. The number of nitrogens with one attached hydrogen (secondary N) is 1. The molecule has 1 rings (SSSR count). The fourth-order valence-corrected chi connectivity index (χ4v) is 2.41. The number of hydrogen-bond acceptors (Lipinski definition) is 1. The molecule has 0 saturated heterocycles. The third-order valence-corrected chi connectivity index (χ3v) is 3.53. The summed E-state index contributed by atoms with van der Waals surface area (Å²) in [5, 5.41) is 3.55. The van der Waals surface area contributed by atoms with E-state index in [9.17, 15) is 0 Å². The number of quaternary nitrogens is 1. The Bertz CT molecular complexity index is 319. The summed E-state index contributed by atoms with van der Waals surface area (Å²) in [6, 6.07) is 10.8. The van der Waals surface area contributed by atoms with Crippen molar-refractivity contribution in [2.45, 2.75) is 39.2 Å². The summed E-state index contributed by atoms with van der Waals surface area (Å²) in [4.78, 5) is 0. The Morgan fingerprint density at radius 2 is 1.63 bits per heavy atom. The van der Waals surface area contributed by atoms with Gasteiger partial charge >= 0.3 is 0 Å². The summed E-state index contributed by atoms with van der Waals surface area (Å²) in [7, 11) is 4.65. The molecule has 19 heavy (non-hydrogen) atoms. The third kappa shape index (κ3) is 8.02. The summed E-state index contributed by atoms with van der Waals surface area (Å²) in [6.45, 7) is 6.94. The highest BCUT2D eigenvalue weighted by Gasteiger charge is 2.14. The molecule has 0 spiro atoms. The van der Waals surface area contributed by atoms with Gasteiger partial charge in [0, 0.05) is 18.5 Å². The van der Waals surface area contributed by atoms with Gasteiger partial charge < -0.3 is 9.80 Å². The van der Waals surface area contributed by atoms with Crippen molar-refractivity contribution in [2.24, 2.45) is 0 Å². The van der Waals surface area contributed by atoms with Crippen LogP contribution in [0.3, 0.4) is 0 Å². The van der Waals surface area contributed by atoms with Crippen molar-refractivity contribution in [2.75, 3.05) is 33.7 Å². The van der Waals surface area contributed by atoms with Crippen LogP contribution in [0, 0.1) is 0 Å². The van der Waals surface area contributed by atoms with Crippen molar-refractivity contribution in [1.82, 2.24) is 5.32 Å². The average Bonchev–Trinajstić information content (AvgIpc) is 2.38. The number of benzene rings is 1. The zero-order valence-electron chi connectivity index (χ0n) is 13.0. The van der Waals surface area contributed by atoms with Gasteiger partial charge in [0.1, 0.15) is 6.54 Å². The molecule has 0 aromatic heterocycles. The van der Waals surface area contributed by atoms with Gasteiger partial charge in [-0.3, -0.25) is 0 Å². The third-order valence-electron chi connectivity index (χ3n) is 3.53. The zero-order chi connectivity index (χ0) is 14.0. The molecule has 2 nitrogen and oxygen atoms in total. The van der Waals surface area contributed by atoms with Gasteiger partial charge in [0.25, 0.3) is 0 Å². The van der Waals surface area contributed by atoms with Gasteiger partial charge in [0.15, 0.2) is 0 Å². The Kier molecular flexibility index (Phi) is 7.76. The van der Waals surface area contributed by atoms with Crippen LogP contribution >= 0.6 is 0 Å². The van der Waals surface area contributed by atoms with Crippen LogP contribution in [-0.4, -0.2) is 38.2 Å². The minimum absolute atomic E-state index is 1.07. The highest BCUT2D eigenvalue weighted by molar-refractivity contribution is 5.13. The minimum Gasteiger partial charge on any atom is -0.325 e. The van der Waals surface area contributed by atoms with E-state index >= 15 is 0 Å². The van der Waals surface area contributed by atoms with Gasteiger partial charge in [0.05, 0.1) is 20.6 Å². The lowest BCUT2D eigenvalue weighted by atomic mass is 10.2. The number of rotatable bonds is 10. The van der Waals surface area contributed by atoms with Crippen LogP contribution in [0.5, 0.6) is 0 Å². The second-order valence-corrected chi connectivity index (χ2v) is 6.11. The first-order chi connectivity index (χ1) is 9.14. The van der Waals surface area contributed by atoms with Crippen molar-refractivity contribution in [3.05, 3.63) is 35.9 Å². The summed E-state index contributed by atoms with van der Waals surface area (Å²) >= 11 is 0. The predicted octanol–water partition coefficient (Wildman–Crippen LogP) is 3.43. The molecule has 1 aromatic carbocycles. The topological polar surface area (TPSA) is 12.0 Å². The van der Waals surface area contributed by atoms with E-state index in [0.717, 1.165) is 17.6 Å². The second kappa shape index (κ2) is 9.11. The summed E-state index contributed by atoms with van der Waals surface area (Å²) in [6.07, 6.45) is 5.23. The highest BCUT2D eigenvalue weighted by atomic mass is 15.3. The molecule has 0 unspecified atom stereocenters. The largest absolute Gasteiger partial charge is 0.325 e. The first kappa shape index (κ1) is 16.2. The normalized spacial score (nSPS) is 11.7. The number of unbranched alkanes of at least 4 members (excludes halogenated alkanes) is 2. The monoisotopic (exact) mass is 263 g/mol. The lowest BCUT2D eigenvalue weighted by Gasteiger charge is -2.30. The van der Waals surface area contributed by atoms with Crippen molar-refractivity contribution in [1.29, 1.82) is 0 Å². The molecule has 0 aliphatic rings. The number of hydrogen-bond donors (Lipinski definition) is 1. The molecule has 0 bridgehead atoms. The van der Waals surface area contributed by atoms with Gasteiger partial charge in [-0.15, -0.1) is 0 Å². The predicted molar refractivity (Wildman–Crippen MR) is 84.1 cm³/mol. The molecule has 0 aliphatic carbocycles. The molecule has 0 amide bonds. The smallest absolute Gasteiger partial charge is 0.104 e. The van der Waals surface area contributed by atoms with E-state index < -0.39 is 0 Å². The zero-order valence-corrected chi connectivity index (χ0v) is 13.0. The van der Waals surface area contributed by atoms with Crippen LogP contribution < -0.4 is 5.32 Å². The SMILES string of the molecule is CCCCCNCCC[N+](C)(C)Cc1ccccc1. The first-order valence-electron chi connectivity index (χ1n) is 7.71. The molecule has 0 radical (unpaired) electrons. The van der Waals surface area contributed by atoms with Crippen molar-refractivity contribution >= 4 is 0 Å². The van der Waals surface area contributed by atoms with Crippen LogP contribution in [-0.2, 0) is 6.54 Å². The molecule has 0 atom stereocenters. The summed E-state index contributed by atoms with van der Waals surface area (Å²) in [5.41, 5.74) is 1.43. The van der Waals surface area contributed by atoms with Crippen molar-refractivity contribution < 1.29 is 4.48 Å². The summed E-state index contributed by atoms with van der Waals surface area (Å²) in [5.74, 6) is 0. The molecular formula is C17H31N2+. The molecule has 0 saturated carbocycles. The van der Waals surface area contributed by atoms with E-state index in [1.807, 2.05) is 0 Å². The fraction of sp³-hybridized carbons (Fsp3) is 0.647. The molecule has 108 valence electrons. The molecule has 0 fully saturated rings. The van der Waals surface area contributed by atoms with E-state index in [4.69, 9.17) is 0 Å². The van der Waals surface area contributed by atoms with Gasteiger partial charge in [-0.05, 0) is 13.0 Å². The minimum atomic E-state index is 1.07. The van der Waals surface area contributed by atoms with Crippen LogP contribution in [0.25, 0.3) is 0 Å². The lowest BCUT2D eigenvalue weighted by Crippen LogP contribution is -2.40. The summed E-state index contributed by atoms with van der Waals surface area (Å²) < 4.78 is 1.07. The Morgan fingerprint density at radius 1 is 0.947 bits per heavy atom. The number of nitrogens with zero attached hydrogens (tertiary/aromatic N) is 1. The Balaban J connectivity index is 2.13. The Labute approximate surface area is 119 Å². The molecule has 0 heterocycles. The Morgan fingerprint density at radius 3 is 2.32 bits per heavy atom. The van der Waals surface area contributed by atoms with Crippen molar-refractivity contribution in [3.63, 3.8) is 0 Å². The maximum Gasteiger partial charge on any atom is 0.104 e. The van der Waals surface area contributed by atoms with Gasteiger partial charge in [-0.1, -0.05) is 50.1 Å². The fourth-order valence-electron chi connectivity index (χ4n) is 2.41. The lowest BCUT2D eigenvalue weighted by molar-refractivity contribution is -0.903. The van der Waals surface area contributed by atoms with Gasteiger partial charge in [0.2, 0.25) is 0 Å². The van der Waals surface area contributed by atoms with Crippen LogP contribution in [0.2, 0.25) is 0 Å². The van der Waals surface area contributed by atoms with E-state index in [1.165, 1.54) is 44.3 Å². The van der Waals surface area contributed by atoms with Gasteiger partial charge in [-0.2, -0.15) is 0 Å². The molecule has 1 aromatic rings. The van der Waals surface area contributed by atoms with E-state index in [-0.39, 0.29) is 0 Å². The average molecular weight is 263 g/mol. The molecule has 0 aliphatic heterocycles. The van der Waals surface area contributed by atoms with Crippen LogP contribution in [0.1, 0.15) is 38.2 Å². The Hall–Kier alpha value is -0.860. The maximum atomic E-state index is 3.55. The van der Waals surface area contributed by atoms with Gasteiger partial charge in [-0.25, -0.2) is 0 Å². The van der Waals surface area contributed by atoms with E-state index in [1.54, 1.807) is 0 Å². The maximum absolute atomic E-state index is 3.55. The molecule has 2 heteroatoms. The molecule has 1 N–H and O–H groups in total. The first-order valence-corrected chi connectivity index (χ1v) is 7.71. The van der Waals surface area contributed by atoms with Crippen molar-refractivity contribution in [3.8, 4) is 0 Å².